The molecule has 0 aliphatic carbocycles. The molecule has 3 aromatic rings. The van der Waals surface area contributed by atoms with E-state index in [9.17, 15) is 9.59 Å². The fourth-order valence-corrected chi connectivity index (χ4v) is 5.60. The smallest absolute Gasteiger partial charge is 0.265 e. The Morgan fingerprint density at radius 2 is 1.97 bits per heavy atom. The summed E-state index contributed by atoms with van der Waals surface area (Å²) in [6.45, 7) is 7.14. The van der Waals surface area contributed by atoms with Gasteiger partial charge < -0.3 is 9.64 Å². The van der Waals surface area contributed by atoms with Gasteiger partial charge in [0.05, 0.1) is 30.1 Å². The average molecular weight is 440 g/mol. The largest absolute Gasteiger partial charge is 0.372 e. The Bertz CT molecular complexity index is 1210. The van der Waals surface area contributed by atoms with E-state index in [1.807, 2.05) is 49.9 Å². The number of fused-ring (bicyclic) bond motifs is 2. The van der Waals surface area contributed by atoms with E-state index in [4.69, 9.17) is 9.72 Å². The van der Waals surface area contributed by atoms with E-state index in [2.05, 4.69) is 5.10 Å². The molecule has 8 nitrogen and oxygen atoms in total. The summed E-state index contributed by atoms with van der Waals surface area (Å²) in [6, 6.07) is 7.69. The van der Waals surface area contributed by atoms with Crippen LogP contribution in [0.15, 0.2) is 40.4 Å². The minimum Gasteiger partial charge on any atom is -0.372 e. The molecule has 2 aliphatic rings. The number of benzene rings is 1. The Hall–Kier alpha value is -2.65. The van der Waals surface area contributed by atoms with E-state index in [1.165, 1.54) is 11.8 Å². The van der Waals surface area contributed by atoms with Crippen LogP contribution in [0.25, 0.3) is 16.7 Å². The van der Waals surface area contributed by atoms with Crippen molar-refractivity contribution >= 4 is 28.7 Å². The summed E-state index contributed by atoms with van der Waals surface area (Å²) in [4.78, 5) is 32.9. The third-order valence-electron chi connectivity index (χ3n) is 5.90. The highest BCUT2D eigenvalue weighted by atomic mass is 32.2. The standard InChI is InChI=1S/C22H25N5O3S/c1-13-6-4-5-7-18(13)27-20-17(9-23-27)21(29)26-16(12-31-22(26)24-20)8-19(28)25-10-14(2)30-15(3)11-25/h4-7,9,14-16H,8,10-12H2,1-3H3. The first-order chi connectivity index (χ1) is 14.9. The van der Waals surface area contributed by atoms with Gasteiger partial charge in [-0.3, -0.25) is 14.2 Å². The van der Waals surface area contributed by atoms with Gasteiger partial charge in [-0.2, -0.15) is 5.10 Å². The van der Waals surface area contributed by atoms with Gasteiger partial charge in [-0.05, 0) is 32.4 Å². The van der Waals surface area contributed by atoms with Gasteiger partial charge in [-0.15, -0.1) is 0 Å². The lowest BCUT2D eigenvalue weighted by Gasteiger charge is -2.35. The van der Waals surface area contributed by atoms with Gasteiger partial charge in [0.15, 0.2) is 10.8 Å². The Morgan fingerprint density at radius 3 is 2.71 bits per heavy atom. The fourth-order valence-electron chi connectivity index (χ4n) is 4.47. The fraction of sp³-hybridized carbons (Fsp3) is 0.455. The van der Waals surface area contributed by atoms with Gasteiger partial charge in [0.1, 0.15) is 5.39 Å². The van der Waals surface area contributed by atoms with Crippen molar-refractivity contribution in [2.24, 2.45) is 0 Å². The van der Waals surface area contributed by atoms with Crippen molar-refractivity contribution in [2.45, 2.75) is 50.6 Å². The predicted octanol–water partition coefficient (Wildman–Crippen LogP) is 2.56. The molecule has 1 fully saturated rings. The first kappa shape index (κ1) is 20.3. The predicted molar refractivity (Wildman–Crippen MR) is 119 cm³/mol. The summed E-state index contributed by atoms with van der Waals surface area (Å²) >= 11 is 1.52. The van der Waals surface area contributed by atoms with E-state index < -0.39 is 0 Å². The number of carbonyl (C=O) groups is 1. The molecule has 0 spiro atoms. The number of morpholine rings is 1. The molecule has 2 aliphatic heterocycles. The van der Waals surface area contributed by atoms with Crippen molar-refractivity contribution < 1.29 is 9.53 Å². The molecule has 5 rings (SSSR count). The van der Waals surface area contributed by atoms with Crippen molar-refractivity contribution in [3.63, 3.8) is 0 Å². The second-order valence-corrected chi connectivity index (χ2v) is 9.36. The molecule has 0 saturated carbocycles. The van der Waals surface area contributed by atoms with Gasteiger partial charge in [0.2, 0.25) is 5.91 Å². The van der Waals surface area contributed by atoms with Crippen molar-refractivity contribution in [3.8, 4) is 5.69 Å². The summed E-state index contributed by atoms with van der Waals surface area (Å²) in [7, 11) is 0. The van der Waals surface area contributed by atoms with Crippen LogP contribution in [-0.4, -0.2) is 61.2 Å². The molecule has 3 atom stereocenters. The number of nitrogens with zero attached hydrogens (tertiary/aromatic N) is 5. The van der Waals surface area contributed by atoms with Crippen LogP contribution in [0, 0.1) is 6.92 Å². The minimum atomic E-state index is -0.202. The maximum Gasteiger partial charge on any atom is 0.265 e. The van der Waals surface area contributed by atoms with E-state index in [0.29, 0.717) is 41.5 Å². The Morgan fingerprint density at radius 1 is 1.23 bits per heavy atom. The number of thioether (sulfide) groups is 1. The number of hydrogen-bond acceptors (Lipinski definition) is 6. The topological polar surface area (TPSA) is 82.2 Å². The molecule has 31 heavy (non-hydrogen) atoms. The van der Waals surface area contributed by atoms with Crippen LogP contribution in [0.1, 0.15) is 31.9 Å². The van der Waals surface area contributed by atoms with E-state index >= 15 is 0 Å². The molecule has 1 aromatic carbocycles. The zero-order chi connectivity index (χ0) is 21.7. The summed E-state index contributed by atoms with van der Waals surface area (Å²) in [5.74, 6) is 0.719. The Balaban J connectivity index is 1.47. The number of aryl methyl sites for hydroxylation is 1. The van der Waals surface area contributed by atoms with Gasteiger partial charge in [-0.25, -0.2) is 9.67 Å². The van der Waals surface area contributed by atoms with E-state index in [0.717, 1.165) is 11.3 Å². The summed E-state index contributed by atoms with van der Waals surface area (Å²) in [5, 5.41) is 5.57. The Kier molecular flexibility index (Phi) is 5.10. The monoisotopic (exact) mass is 439 g/mol. The maximum atomic E-state index is 13.3. The first-order valence-corrected chi connectivity index (χ1v) is 11.5. The molecule has 9 heteroatoms. The average Bonchev–Trinajstić information content (AvgIpc) is 3.33. The lowest BCUT2D eigenvalue weighted by Crippen LogP contribution is -2.48. The summed E-state index contributed by atoms with van der Waals surface area (Å²) in [5.41, 5.74) is 2.38. The zero-order valence-corrected chi connectivity index (χ0v) is 18.6. The molecule has 1 saturated heterocycles. The lowest BCUT2D eigenvalue weighted by atomic mass is 10.1. The first-order valence-electron chi connectivity index (χ1n) is 10.5. The van der Waals surface area contributed by atoms with Gasteiger partial charge >= 0.3 is 0 Å². The number of ether oxygens (including phenoxy) is 1. The summed E-state index contributed by atoms with van der Waals surface area (Å²) < 4.78 is 9.14. The maximum absolute atomic E-state index is 13.3. The third-order valence-corrected chi connectivity index (χ3v) is 6.99. The molecule has 4 heterocycles. The number of carbonyl (C=O) groups excluding carboxylic acids is 1. The van der Waals surface area contributed by atoms with Crippen molar-refractivity contribution in [2.75, 3.05) is 18.8 Å². The van der Waals surface area contributed by atoms with Crippen LogP contribution >= 0.6 is 11.8 Å². The molecule has 0 radical (unpaired) electrons. The Labute approximate surface area is 184 Å². The second kappa shape index (κ2) is 7.80. The van der Waals surface area contributed by atoms with Gasteiger partial charge in [-0.1, -0.05) is 30.0 Å². The quantitative estimate of drug-likeness (QED) is 0.584. The molecular formula is C22H25N5O3S. The van der Waals surface area contributed by atoms with Crippen LogP contribution in [0.5, 0.6) is 0 Å². The van der Waals surface area contributed by atoms with Crippen LogP contribution < -0.4 is 5.56 Å². The highest BCUT2D eigenvalue weighted by Gasteiger charge is 2.33. The molecule has 0 N–H and O–H groups in total. The third kappa shape index (κ3) is 3.55. The molecule has 1 amide bonds. The lowest BCUT2D eigenvalue weighted by molar-refractivity contribution is -0.143. The molecule has 3 unspecified atom stereocenters. The van der Waals surface area contributed by atoms with E-state index in [1.54, 1.807) is 15.4 Å². The highest BCUT2D eigenvalue weighted by molar-refractivity contribution is 7.99. The normalized spacial score (nSPS) is 23.3. The number of rotatable bonds is 3. The highest BCUT2D eigenvalue weighted by Crippen LogP contribution is 2.34. The van der Waals surface area contributed by atoms with Crippen molar-refractivity contribution in [3.05, 3.63) is 46.4 Å². The van der Waals surface area contributed by atoms with Gasteiger partial charge in [0, 0.05) is 25.3 Å². The minimum absolute atomic E-state index is 0.0224. The second-order valence-electron chi connectivity index (χ2n) is 8.37. The van der Waals surface area contributed by atoms with Crippen LogP contribution in [-0.2, 0) is 9.53 Å². The van der Waals surface area contributed by atoms with Crippen LogP contribution in [0.3, 0.4) is 0 Å². The number of hydrogen-bond donors (Lipinski definition) is 0. The molecule has 2 aromatic heterocycles. The van der Waals surface area contributed by atoms with Crippen LogP contribution in [0.4, 0.5) is 0 Å². The van der Waals surface area contributed by atoms with Gasteiger partial charge in [0.25, 0.3) is 5.56 Å². The van der Waals surface area contributed by atoms with Crippen molar-refractivity contribution in [1.29, 1.82) is 0 Å². The zero-order valence-electron chi connectivity index (χ0n) is 17.8. The van der Waals surface area contributed by atoms with Crippen LogP contribution in [0.2, 0.25) is 0 Å². The molecule has 0 bridgehead atoms. The van der Waals surface area contributed by atoms with Crippen molar-refractivity contribution in [1.82, 2.24) is 24.2 Å². The number of aromatic nitrogens is 4. The number of para-hydroxylation sites is 1. The summed E-state index contributed by atoms with van der Waals surface area (Å²) in [6.07, 6.45) is 1.92. The van der Waals surface area contributed by atoms with E-state index in [-0.39, 0.29) is 29.7 Å². The number of amides is 1. The molecule has 162 valence electrons. The molecular weight excluding hydrogens is 414 g/mol. The SMILES string of the molecule is Cc1ccccc1-n1ncc2c(=O)n3c(nc21)SCC3CC(=O)N1CC(C)OC(C)C1.